The summed E-state index contributed by atoms with van der Waals surface area (Å²) >= 11 is 0. The van der Waals surface area contributed by atoms with Crippen LogP contribution < -0.4 is 9.47 Å². The molecule has 1 unspecified atom stereocenters. The molecule has 1 aromatic carbocycles. The Morgan fingerprint density at radius 2 is 2.00 bits per heavy atom. The van der Waals surface area contributed by atoms with Gasteiger partial charge in [0, 0.05) is 36.6 Å². The number of allylic oxidation sites excluding steroid dienone is 1. The summed E-state index contributed by atoms with van der Waals surface area (Å²) in [6.07, 6.45) is 4.72. The standard InChI is InChI=1S/C27H31N3O3/c1-5-8-21(31)13-11-18(3)27-29-25(22-10-7-9-19(4)28-22)26(30(27)15-6-2)20-12-14-23-24(16-20)33-17-32-23/h6-7,9-10,12,14,16,18H,2,5,8,11,13,15,17H2,1,3-4H3. The van der Waals surface area contributed by atoms with Crippen LogP contribution in [0, 0.1) is 6.92 Å². The molecule has 2 aromatic heterocycles. The summed E-state index contributed by atoms with van der Waals surface area (Å²) in [5, 5.41) is 0. The molecule has 1 atom stereocenters. The smallest absolute Gasteiger partial charge is 0.231 e. The Morgan fingerprint density at radius 3 is 2.76 bits per heavy atom. The number of Topliss-reactive ketones (excluding diaryl/α,β-unsaturated/α-hetero) is 1. The van der Waals surface area contributed by atoms with E-state index < -0.39 is 0 Å². The van der Waals surface area contributed by atoms with Crippen LogP contribution in [0.25, 0.3) is 22.6 Å². The van der Waals surface area contributed by atoms with E-state index in [1.54, 1.807) is 0 Å². The SMILES string of the molecule is C=CCn1c(C(C)CCC(=O)CCC)nc(-c2cccc(C)n2)c1-c1ccc2c(c1)OCO2. The zero-order valence-corrected chi connectivity index (χ0v) is 19.6. The van der Waals surface area contributed by atoms with Crippen molar-refractivity contribution in [1.29, 1.82) is 0 Å². The molecule has 0 amide bonds. The number of carbonyl (C=O) groups is 1. The molecule has 6 heteroatoms. The molecular formula is C27H31N3O3. The van der Waals surface area contributed by atoms with Gasteiger partial charge in [0.1, 0.15) is 17.3 Å². The second-order valence-electron chi connectivity index (χ2n) is 8.53. The third-order valence-electron chi connectivity index (χ3n) is 5.91. The fourth-order valence-electron chi connectivity index (χ4n) is 4.26. The van der Waals surface area contributed by atoms with E-state index in [0.29, 0.717) is 25.2 Å². The minimum atomic E-state index is 0.108. The lowest BCUT2D eigenvalue weighted by molar-refractivity contribution is -0.119. The van der Waals surface area contributed by atoms with Crippen molar-refractivity contribution in [2.45, 2.75) is 58.9 Å². The first-order valence-electron chi connectivity index (χ1n) is 11.6. The highest BCUT2D eigenvalue weighted by Gasteiger charge is 2.25. The first-order valence-corrected chi connectivity index (χ1v) is 11.6. The molecule has 0 aliphatic carbocycles. The Bertz CT molecular complexity index is 1170. The quantitative estimate of drug-likeness (QED) is 0.353. The van der Waals surface area contributed by atoms with E-state index in [9.17, 15) is 4.79 Å². The van der Waals surface area contributed by atoms with Crippen LogP contribution in [-0.2, 0) is 11.3 Å². The van der Waals surface area contributed by atoms with E-state index in [1.807, 2.05) is 56.3 Å². The molecule has 0 saturated carbocycles. The van der Waals surface area contributed by atoms with Crippen LogP contribution in [-0.4, -0.2) is 27.1 Å². The van der Waals surface area contributed by atoms with Gasteiger partial charge in [0.15, 0.2) is 11.5 Å². The Balaban J connectivity index is 1.83. The average molecular weight is 446 g/mol. The predicted octanol–water partition coefficient (Wildman–Crippen LogP) is 6.09. The Morgan fingerprint density at radius 1 is 1.18 bits per heavy atom. The Hall–Kier alpha value is -3.41. The van der Waals surface area contributed by atoms with Gasteiger partial charge in [-0.1, -0.05) is 26.0 Å². The Kier molecular flexibility index (Phi) is 6.92. The van der Waals surface area contributed by atoms with Crippen LogP contribution in [0.5, 0.6) is 11.5 Å². The molecule has 4 rings (SSSR count). The maximum Gasteiger partial charge on any atom is 0.231 e. The van der Waals surface area contributed by atoms with Crippen molar-refractivity contribution in [3.8, 4) is 34.1 Å². The van der Waals surface area contributed by atoms with E-state index in [0.717, 1.165) is 58.5 Å². The van der Waals surface area contributed by atoms with E-state index in [1.165, 1.54) is 0 Å². The highest BCUT2D eigenvalue weighted by atomic mass is 16.7. The van der Waals surface area contributed by atoms with Gasteiger partial charge in [0.2, 0.25) is 6.79 Å². The van der Waals surface area contributed by atoms with Gasteiger partial charge in [-0.15, -0.1) is 6.58 Å². The van der Waals surface area contributed by atoms with Crippen molar-refractivity contribution in [3.63, 3.8) is 0 Å². The van der Waals surface area contributed by atoms with Crippen LogP contribution in [0.4, 0.5) is 0 Å². The summed E-state index contributed by atoms with van der Waals surface area (Å²) in [5.41, 5.74) is 4.52. The third-order valence-corrected chi connectivity index (χ3v) is 5.91. The summed E-state index contributed by atoms with van der Waals surface area (Å²) in [5.74, 6) is 2.82. The molecule has 0 spiro atoms. The zero-order chi connectivity index (χ0) is 23.4. The van der Waals surface area contributed by atoms with E-state index in [2.05, 4.69) is 18.1 Å². The normalized spacial score (nSPS) is 13.2. The van der Waals surface area contributed by atoms with Gasteiger partial charge in [-0.25, -0.2) is 4.98 Å². The molecule has 6 nitrogen and oxygen atoms in total. The van der Waals surface area contributed by atoms with E-state index in [4.69, 9.17) is 19.4 Å². The van der Waals surface area contributed by atoms with Crippen molar-refractivity contribution in [2.24, 2.45) is 0 Å². The predicted molar refractivity (Wildman–Crippen MR) is 130 cm³/mol. The number of aryl methyl sites for hydroxylation is 1. The Labute approximate surface area is 195 Å². The molecule has 0 fully saturated rings. The van der Waals surface area contributed by atoms with Crippen LogP contribution in [0.2, 0.25) is 0 Å². The molecule has 172 valence electrons. The minimum Gasteiger partial charge on any atom is -0.454 e. The summed E-state index contributed by atoms with van der Waals surface area (Å²) in [4.78, 5) is 22.0. The third kappa shape index (κ3) is 4.85. The molecule has 1 aliphatic heterocycles. The van der Waals surface area contributed by atoms with Crippen molar-refractivity contribution < 1.29 is 14.3 Å². The first-order chi connectivity index (χ1) is 16.0. The monoisotopic (exact) mass is 445 g/mol. The summed E-state index contributed by atoms with van der Waals surface area (Å²) < 4.78 is 13.3. The number of ether oxygens (including phenoxy) is 2. The van der Waals surface area contributed by atoms with Gasteiger partial charge in [-0.05, 0) is 50.1 Å². The summed E-state index contributed by atoms with van der Waals surface area (Å²) in [6.45, 7) is 11.0. The fourth-order valence-corrected chi connectivity index (χ4v) is 4.26. The van der Waals surface area contributed by atoms with Gasteiger partial charge in [0.05, 0.1) is 11.4 Å². The highest BCUT2D eigenvalue weighted by Crippen LogP contribution is 2.40. The molecule has 0 saturated heterocycles. The molecular weight excluding hydrogens is 414 g/mol. The lowest BCUT2D eigenvalue weighted by Crippen LogP contribution is -2.09. The molecule has 0 radical (unpaired) electrons. The van der Waals surface area contributed by atoms with Crippen molar-refractivity contribution in [1.82, 2.24) is 14.5 Å². The largest absolute Gasteiger partial charge is 0.454 e. The zero-order valence-electron chi connectivity index (χ0n) is 19.6. The lowest BCUT2D eigenvalue weighted by Gasteiger charge is -2.15. The van der Waals surface area contributed by atoms with E-state index >= 15 is 0 Å². The molecule has 0 bridgehead atoms. The number of hydrogen-bond donors (Lipinski definition) is 0. The fraction of sp³-hybridized carbons (Fsp3) is 0.370. The molecule has 1 aliphatic rings. The highest BCUT2D eigenvalue weighted by molar-refractivity contribution is 5.80. The average Bonchev–Trinajstić information content (AvgIpc) is 3.42. The summed E-state index contributed by atoms with van der Waals surface area (Å²) in [6, 6.07) is 11.9. The number of fused-ring (bicyclic) bond motifs is 1. The number of pyridine rings is 1. The van der Waals surface area contributed by atoms with Crippen molar-refractivity contribution in [2.75, 3.05) is 6.79 Å². The van der Waals surface area contributed by atoms with Gasteiger partial charge in [0.25, 0.3) is 0 Å². The first kappa shape index (κ1) is 22.8. The number of imidazole rings is 1. The van der Waals surface area contributed by atoms with Crippen molar-refractivity contribution >= 4 is 5.78 Å². The number of aromatic nitrogens is 3. The van der Waals surface area contributed by atoms with Crippen molar-refractivity contribution in [3.05, 3.63) is 60.6 Å². The van der Waals surface area contributed by atoms with Crippen LogP contribution in [0.15, 0.2) is 49.1 Å². The molecule has 3 aromatic rings. The second-order valence-corrected chi connectivity index (χ2v) is 8.53. The minimum absolute atomic E-state index is 0.108. The lowest BCUT2D eigenvalue weighted by atomic mass is 10.0. The molecule has 0 N–H and O–H groups in total. The van der Waals surface area contributed by atoms with E-state index in [-0.39, 0.29) is 12.7 Å². The number of nitrogens with zero attached hydrogens (tertiary/aromatic N) is 3. The number of ketones is 1. The van der Waals surface area contributed by atoms with Gasteiger partial charge >= 0.3 is 0 Å². The number of hydrogen-bond acceptors (Lipinski definition) is 5. The van der Waals surface area contributed by atoms with Gasteiger partial charge in [-0.2, -0.15) is 0 Å². The van der Waals surface area contributed by atoms with Gasteiger partial charge < -0.3 is 14.0 Å². The summed E-state index contributed by atoms with van der Waals surface area (Å²) in [7, 11) is 0. The van der Waals surface area contributed by atoms with Gasteiger partial charge in [-0.3, -0.25) is 9.78 Å². The van der Waals surface area contributed by atoms with Crippen LogP contribution in [0.1, 0.15) is 57.0 Å². The number of rotatable bonds is 10. The number of carbonyl (C=O) groups excluding carboxylic acids is 1. The van der Waals surface area contributed by atoms with Crippen LogP contribution >= 0.6 is 0 Å². The molecule has 3 heterocycles. The molecule has 33 heavy (non-hydrogen) atoms. The number of benzene rings is 1. The topological polar surface area (TPSA) is 66.2 Å². The maximum absolute atomic E-state index is 12.2. The second kappa shape index (κ2) is 10.0. The maximum atomic E-state index is 12.2. The van der Waals surface area contributed by atoms with Crippen LogP contribution in [0.3, 0.4) is 0 Å².